The van der Waals surface area contributed by atoms with E-state index in [2.05, 4.69) is 30.3 Å². The molecule has 2 nitrogen and oxygen atoms in total. The van der Waals surface area contributed by atoms with Crippen molar-refractivity contribution in [3.8, 4) is 0 Å². The van der Waals surface area contributed by atoms with E-state index in [1.807, 2.05) is 11.9 Å². The summed E-state index contributed by atoms with van der Waals surface area (Å²) in [6.45, 7) is 0. The fourth-order valence-corrected chi connectivity index (χ4v) is 5.88. The number of carbonyl (C=O) groups excluding carboxylic acids is 1. The third-order valence-electron chi connectivity index (χ3n) is 3.98. The summed E-state index contributed by atoms with van der Waals surface area (Å²) in [5, 5.41) is 0. The minimum atomic E-state index is 0.341. The number of nitrogens with zero attached hydrogens (tertiary/aromatic N) is 1. The first-order chi connectivity index (χ1) is 8.25. The van der Waals surface area contributed by atoms with Gasteiger partial charge in [-0.1, -0.05) is 0 Å². The Bertz CT molecular complexity index is 419. The number of fused-ring (bicyclic) bond motifs is 2. The molecule has 1 saturated heterocycles. The average Bonchev–Trinajstić information content (AvgIpc) is 2.60. The monoisotopic (exact) mass is 295 g/mol. The molecule has 3 rings (SSSR count). The Morgan fingerprint density at radius 1 is 1.24 bits per heavy atom. The first kappa shape index (κ1) is 11.3. The van der Waals surface area contributed by atoms with Gasteiger partial charge < -0.3 is 0 Å². The van der Waals surface area contributed by atoms with Crippen molar-refractivity contribution >= 4 is 25.3 Å². The van der Waals surface area contributed by atoms with Gasteiger partial charge in [-0.25, -0.2) is 0 Å². The Morgan fingerprint density at radius 2 is 2.00 bits per heavy atom. The van der Waals surface area contributed by atoms with Crippen LogP contribution in [0.3, 0.4) is 0 Å². The van der Waals surface area contributed by atoms with Gasteiger partial charge in [-0.2, -0.15) is 0 Å². The van der Waals surface area contributed by atoms with Crippen LogP contribution in [0.4, 0.5) is 0 Å². The first-order valence-electron chi connectivity index (χ1n) is 6.24. The van der Waals surface area contributed by atoms with Crippen molar-refractivity contribution in [1.29, 1.82) is 0 Å². The van der Waals surface area contributed by atoms with E-state index < -0.39 is 0 Å². The van der Waals surface area contributed by atoms with Crippen molar-refractivity contribution in [2.24, 2.45) is 5.92 Å². The summed E-state index contributed by atoms with van der Waals surface area (Å²) in [6.07, 6.45) is 3.45. The van der Waals surface area contributed by atoms with E-state index in [4.69, 9.17) is 0 Å². The van der Waals surface area contributed by atoms with Crippen LogP contribution in [0.25, 0.3) is 0 Å². The average molecular weight is 294 g/mol. The van der Waals surface area contributed by atoms with Gasteiger partial charge in [-0.15, -0.1) is 0 Å². The van der Waals surface area contributed by atoms with Crippen molar-refractivity contribution in [3.05, 3.63) is 30.3 Å². The molecular formula is C14H17NOSe. The van der Waals surface area contributed by atoms with Gasteiger partial charge in [0.15, 0.2) is 0 Å². The number of likely N-dealkylation sites (tertiary alicyclic amines) is 1. The van der Waals surface area contributed by atoms with Crippen LogP contribution >= 0.6 is 0 Å². The van der Waals surface area contributed by atoms with Crippen LogP contribution < -0.4 is 4.46 Å². The summed E-state index contributed by atoms with van der Waals surface area (Å²) in [7, 11) is 1.99. The zero-order valence-corrected chi connectivity index (χ0v) is 11.7. The summed E-state index contributed by atoms with van der Waals surface area (Å²) in [6, 6.07) is 11.3. The van der Waals surface area contributed by atoms with E-state index in [1.165, 1.54) is 10.9 Å². The summed E-state index contributed by atoms with van der Waals surface area (Å²) in [5.74, 6) is 0.731. The number of carbonyl (C=O) groups is 1. The molecule has 1 aromatic carbocycles. The Hall–Kier alpha value is -0.791. The molecule has 1 heterocycles. The molecule has 1 aliphatic carbocycles. The molecule has 0 aromatic heterocycles. The third-order valence-corrected chi connectivity index (χ3v) is 6.91. The van der Waals surface area contributed by atoms with Gasteiger partial charge in [0.2, 0.25) is 0 Å². The molecule has 1 aromatic rings. The quantitative estimate of drug-likeness (QED) is 0.756. The van der Waals surface area contributed by atoms with E-state index in [0.717, 1.165) is 17.7 Å². The molecule has 2 aliphatic rings. The van der Waals surface area contributed by atoms with Crippen LogP contribution in [0, 0.1) is 5.92 Å². The van der Waals surface area contributed by atoms with E-state index >= 15 is 0 Å². The standard InChI is InChI=1S/C14H17NOSe/c1-15-12-9-10(14(15)16)7-8-13(12)17-11-5-3-2-4-6-11/h2-6,10,12-13H,7-9H2,1H3/t10-,12-,13?/m0/s1. The van der Waals surface area contributed by atoms with Crippen LogP contribution in [-0.4, -0.2) is 38.9 Å². The van der Waals surface area contributed by atoms with Crippen LogP contribution in [0.15, 0.2) is 30.3 Å². The Balaban J connectivity index is 1.75. The summed E-state index contributed by atoms with van der Waals surface area (Å²) in [5.41, 5.74) is 0. The van der Waals surface area contributed by atoms with E-state index in [0.29, 0.717) is 32.8 Å². The third kappa shape index (κ3) is 2.02. The zero-order chi connectivity index (χ0) is 11.8. The van der Waals surface area contributed by atoms with E-state index in [9.17, 15) is 4.79 Å². The maximum absolute atomic E-state index is 11.9. The van der Waals surface area contributed by atoms with Crippen molar-refractivity contribution in [3.63, 3.8) is 0 Å². The van der Waals surface area contributed by atoms with Gasteiger partial charge in [-0.3, -0.25) is 0 Å². The molecule has 90 valence electrons. The van der Waals surface area contributed by atoms with Gasteiger partial charge in [0.1, 0.15) is 0 Å². The Kier molecular flexibility index (Phi) is 2.97. The van der Waals surface area contributed by atoms with Gasteiger partial charge in [0.25, 0.3) is 0 Å². The molecule has 2 fully saturated rings. The Morgan fingerprint density at radius 3 is 2.76 bits per heavy atom. The van der Waals surface area contributed by atoms with Crippen LogP contribution in [0.1, 0.15) is 19.3 Å². The second-order valence-electron chi connectivity index (χ2n) is 5.00. The molecule has 1 aliphatic heterocycles. The predicted octanol–water partition coefficient (Wildman–Crippen LogP) is 1.45. The fraction of sp³-hybridized carbons (Fsp3) is 0.500. The molecule has 0 radical (unpaired) electrons. The molecule has 17 heavy (non-hydrogen) atoms. The fourth-order valence-electron chi connectivity index (χ4n) is 3.01. The SMILES string of the molecule is CN1C(=O)[C@H]2CCC([Se]c3ccccc3)[C@@H]1C2. The molecule has 2 bridgehead atoms. The molecule has 3 heteroatoms. The van der Waals surface area contributed by atoms with Crippen LogP contribution in [0.5, 0.6) is 0 Å². The first-order valence-corrected chi connectivity index (χ1v) is 8.08. The number of rotatable bonds is 2. The molecule has 1 amide bonds. The summed E-state index contributed by atoms with van der Waals surface area (Å²) < 4.78 is 1.47. The number of amides is 1. The number of hydrogen-bond donors (Lipinski definition) is 0. The topological polar surface area (TPSA) is 20.3 Å². The van der Waals surface area contributed by atoms with Gasteiger partial charge in [0, 0.05) is 0 Å². The predicted molar refractivity (Wildman–Crippen MR) is 69.5 cm³/mol. The molecular weight excluding hydrogens is 277 g/mol. The van der Waals surface area contributed by atoms with Crippen molar-refractivity contribution in [2.45, 2.75) is 30.1 Å². The zero-order valence-electron chi connectivity index (χ0n) is 10.0. The van der Waals surface area contributed by atoms with E-state index in [-0.39, 0.29) is 0 Å². The minimum absolute atomic E-state index is 0.341. The molecule has 1 saturated carbocycles. The van der Waals surface area contributed by atoms with E-state index in [1.54, 1.807) is 0 Å². The maximum atomic E-state index is 11.9. The number of benzene rings is 1. The Labute approximate surface area is 109 Å². The second-order valence-corrected chi connectivity index (χ2v) is 7.75. The second kappa shape index (κ2) is 4.47. The van der Waals surface area contributed by atoms with Crippen LogP contribution in [-0.2, 0) is 4.79 Å². The summed E-state index contributed by atoms with van der Waals surface area (Å²) >= 11 is 0.510. The molecule has 3 atom stereocenters. The molecule has 0 spiro atoms. The van der Waals surface area contributed by atoms with Crippen LogP contribution in [0.2, 0.25) is 4.82 Å². The molecule has 0 N–H and O–H groups in total. The number of hydrogen-bond acceptors (Lipinski definition) is 1. The van der Waals surface area contributed by atoms with Crippen molar-refractivity contribution in [2.75, 3.05) is 7.05 Å². The molecule has 1 unspecified atom stereocenters. The summed E-state index contributed by atoms with van der Waals surface area (Å²) in [4.78, 5) is 14.7. The van der Waals surface area contributed by atoms with Gasteiger partial charge in [-0.05, 0) is 0 Å². The van der Waals surface area contributed by atoms with Gasteiger partial charge in [0.05, 0.1) is 0 Å². The van der Waals surface area contributed by atoms with Crippen molar-refractivity contribution < 1.29 is 4.79 Å². The normalized spacial score (nSPS) is 31.9. The van der Waals surface area contributed by atoms with Crippen molar-refractivity contribution in [1.82, 2.24) is 4.90 Å². The van der Waals surface area contributed by atoms with Gasteiger partial charge >= 0.3 is 108 Å².